The first-order valence-electron chi connectivity index (χ1n) is 12.3. The fourth-order valence-electron chi connectivity index (χ4n) is 3.72. The number of benzene rings is 2. The van der Waals surface area contributed by atoms with Crippen molar-refractivity contribution < 1.29 is 27.5 Å². The fraction of sp³-hybridized carbons (Fsp3) is 0.500. The molecular formula is C28H35F3O3. The highest BCUT2D eigenvalue weighted by atomic mass is 19.4. The van der Waals surface area contributed by atoms with E-state index in [2.05, 4.69) is 6.92 Å². The van der Waals surface area contributed by atoms with Gasteiger partial charge in [-0.1, -0.05) is 101 Å². The second kappa shape index (κ2) is 14.6. The number of carbonyl (C=O) groups excluding carboxylic acids is 2. The van der Waals surface area contributed by atoms with Crippen LogP contribution in [0.1, 0.15) is 87.9 Å². The lowest BCUT2D eigenvalue weighted by atomic mass is 10.0. The van der Waals surface area contributed by atoms with Gasteiger partial charge in [0.05, 0.1) is 13.0 Å². The molecule has 0 aromatic heterocycles. The van der Waals surface area contributed by atoms with E-state index >= 15 is 0 Å². The topological polar surface area (TPSA) is 43.4 Å². The Morgan fingerprint density at radius 3 is 1.68 bits per heavy atom. The Morgan fingerprint density at radius 1 is 0.706 bits per heavy atom. The average molecular weight is 477 g/mol. The second-order valence-electron chi connectivity index (χ2n) is 8.65. The number of alkyl halides is 3. The second-order valence-corrected chi connectivity index (χ2v) is 8.65. The molecule has 0 atom stereocenters. The van der Waals surface area contributed by atoms with Crippen molar-refractivity contribution in [2.45, 2.75) is 83.7 Å². The molecule has 0 aliphatic carbocycles. The highest BCUT2D eigenvalue weighted by Gasteiger charge is 2.39. The summed E-state index contributed by atoms with van der Waals surface area (Å²) in [5, 5.41) is 0. The lowest BCUT2D eigenvalue weighted by Crippen LogP contribution is -2.25. The van der Waals surface area contributed by atoms with Crippen LogP contribution in [0.5, 0.6) is 5.75 Å². The first kappa shape index (κ1) is 27.6. The predicted molar refractivity (Wildman–Crippen MR) is 129 cm³/mol. The predicted octanol–water partition coefficient (Wildman–Crippen LogP) is 8.36. The molecule has 186 valence electrons. The van der Waals surface area contributed by atoms with Crippen molar-refractivity contribution in [3.05, 3.63) is 54.1 Å². The van der Waals surface area contributed by atoms with Crippen LogP contribution in [-0.2, 0) is 4.79 Å². The third-order valence-corrected chi connectivity index (χ3v) is 5.80. The smallest absolute Gasteiger partial charge is 0.450 e. The summed E-state index contributed by atoms with van der Waals surface area (Å²) >= 11 is 0. The fourth-order valence-corrected chi connectivity index (χ4v) is 3.72. The van der Waals surface area contributed by atoms with E-state index in [1.807, 2.05) is 24.3 Å². The number of carbonyl (C=O) groups is 2. The molecule has 0 radical (unpaired) electrons. The highest BCUT2D eigenvalue weighted by molar-refractivity contribution is 6.09. The standard InChI is InChI=1S/C28H35F3O3/c1-2-3-4-5-6-7-8-9-10-11-20-34-25-18-16-23(17-19-25)22-12-14-24(15-13-22)26(32)21-27(33)28(29,30)31/h12-19H,2-11,20-21H2,1H3. The number of hydrogen-bond donors (Lipinski definition) is 0. The Balaban J connectivity index is 1.69. The van der Waals surface area contributed by atoms with Crippen LogP contribution in [0.4, 0.5) is 13.2 Å². The van der Waals surface area contributed by atoms with Crippen molar-refractivity contribution in [2.24, 2.45) is 0 Å². The summed E-state index contributed by atoms with van der Waals surface area (Å²) in [7, 11) is 0. The summed E-state index contributed by atoms with van der Waals surface area (Å²) in [5.41, 5.74) is 1.80. The van der Waals surface area contributed by atoms with Crippen molar-refractivity contribution in [2.75, 3.05) is 6.61 Å². The molecular weight excluding hydrogens is 441 g/mol. The lowest BCUT2D eigenvalue weighted by Gasteiger charge is -2.08. The number of ketones is 2. The van der Waals surface area contributed by atoms with Gasteiger partial charge < -0.3 is 4.74 Å². The van der Waals surface area contributed by atoms with Gasteiger partial charge in [0.25, 0.3) is 0 Å². The molecule has 0 amide bonds. The summed E-state index contributed by atoms with van der Waals surface area (Å²) in [5.74, 6) is -2.09. The Hall–Kier alpha value is -2.63. The molecule has 2 aromatic carbocycles. The van der Waals surface area contributed by atoms with Gasteiger partial charge in [-0.3, -0.25) is 9.59 Å². The maximum atomic E-state index is 12.3. The van der Waals surface area contributed by atoms with E-state index < -0.39 is 24.2 Å². The van der Waals surface area contributed by atoms with Gasteiger partial charge in [-0.15, -0.1) is 0 Å². The molecule has 0 bridgehead atoms. The largest absolute Gasteiger partial charge is 0.494 e. The number of hydrogen-bond acceptors (Lipinski definition) is 3. The Labute approximate surface area is 200 Å². The number of halogens is 3. The van der Waals surface area contributed by atoms with E-state index in [1.54, 1.807) is 12.1 Å². The van der Waals surface area contributed by atoms with Gasteiger partial charge in [-0.25, -0.2) is 0 Å². The lowest BCUT2D eigenvalue weighted by molar-refractivity contribution is -0.170. The quantitative estimate of drug-likeness (QED) is 0.139. The first-order valence-corrected chi connectivity index (χ1v) is 12.3. The number of Topliss-reactive ketones (excluding diaryl/α,β-unsaturated/α-hetero) is 2. The maximum Gasteiger partial charge on any atom is 0.450 e. The molecule has 0 heterocycles. The summed E-state index contributed by atoms with van der Waals surface area (Å²) < 4.78 is 42.8. The highest BCUT2D eigenvalue weighted by Crippen LogP contribution is 2.24. The number of ether oxygens (including phenoxy) is 1. The van der Waals surface area contributed by atoms with Crippen molar-refractivity contribution in [1.82, 2.24) is 0 Å². The molecule has 0 saturated carbocycles. The zero-order valence-electron chi connectivity index (χ0n) is 20.0. The number of rotatable bonds is 16. The normalized spacial score (nSPS) is 11.4. The summed E-state index contributed by atoms with van der Waals surface area (Å²) in [6, 6.07) is 13.8. The molecule has 6 heteroatoms. The van der Waals surface area contributed by atoms with E-state index in [-0.39, 0.29) is 5.56 Å². The summed E-state index contributed by atoms with van der Waals surface area (Å²) in [6.45, 7) is 2.92. The molecule has 2 rings (SSSR count). The third-order valence-electron chi connectivity index (χ3n) is 5.80. The zero-order chi connectivity index (χ0) is 24.8. The van der Waals surface area contributed by atoms with Crippen molar-refractivity contribution in [1.29, 1.82) is 0 Å². The molecule has 3 nitrogen and oxygen atoms in total. The van der Waals surface area contributed by atoms with Gasteiger partial charge in [-0.2, -0.15) is 13.2 Å². The zero-order valence-corrected chi connectivity index (χ0v) is 20.0. The van der Waals surface area contributed by atoms with Crippen molar-refractivity contribution in [3.8, 4) is 16.9 Å². The van der Waals surface area contributed by atoms with Crippen LogP contribution in [0.2, 0.25) is 0 Å². The van der Waals surface area contributed by atoms with Crippen LogP contribution in [0, 0.1) is 0 Å². The van der Waals surface area contributed by atoms with E-state index in [0.717, 1.165) is 23.3 Å². The van der Waals surface area contributed by atoms with E-state index in [4.69, 9.17) is 4.74 Å². The molecule has 0 saturated heterocycles. The van der Waals surface area contributed by atoms with Crippen LogP contribution in [0.15, 0.2) is 48.5 Å². The minimum atomic E-state index is -4.99. The van der Waals surface area contributed by atoms with Gasteiger partial charge in [-0.05, 0) is 29.7 Å². The molecule has 0 N–H and O–H groups in total. The third kappa shape index (κ3) is 10.1. The van der Waals surface area contributed by atoms with Crippen LogP contribution in [0.3, 0.4) is 0 Å². The van der Waals surface area contributed by atoms with Crippen LogP contribution >= 0.6 is 0 Å². The molecule has 0 spiro atoms. The Kier molecular flexibility index (Phi) is 11.9. The van der Waals surface area contributed by atoms with Gasteiger partial charge in [0, 0.05) is 5.56 Å². The molecule has 0 aliphatic heterocycles. The molecule has 0 fully saturated rings. The van der Waals surface area contributed by atoms with E-state index in [1.165, 1.54) is 69.9 Å². The molecule has 2 aromatic rings. The molecule has 0 unspecified atom stereocenters. The maximum absolute atomic E-state index is 12.3. The SMILES string of the molecule is CCCCCCCCCCCCOc1ccc(-c2ccc(C(=O)CC(=O)C(F)(F)F)cc2)cc1. The van der Waals surface area contributed by atoms with Crippen molar-refractivity contribution in [3.63, 3.8) is 0 Å². The van der Waals surface area contributed by atoms with Crippen LogP contribution in [-0.4, -0.2) is 24.3 Å². The van der Waals surface area contributed by atoms with E-state index in [0.29, 0.717) is 6.61 Å². The van der Waals surface area contributed by atoms with Crippen LogP contribution < -0.4 is 4.74 Å². The number of unbranched alkanes of at least 4 members (excludes halogenated alkanes) is 9. The van der Waals surface area contributed by atoms with Gasteiger partial charge in [0.2, 0.25) is 5.78 Å². The van der Waals surface area contributed by atoms with Gasteiger partial charge in [0.1, 0.15) is 5.75 Å². The van der Waals surface area contributed by atoms with Gasteiger partial charge >= 0.3 is 6.18 Å². The summed E-state index contributed by atoms with van der Waals surface area (Å²) in [4.78, 5) is 22.9. The minimum Gasteiger partial charge on any atom is -0.494 e. The molecule has 34 heavy (non-hydrogen) atoms. The monoisotopic (exact) mass is 476 g/mol. The van der Waals surface area contributed by atoms with E-state index in [9.17, 15) is 22.8 Å². The Morgan fingerprint density at radius 2 is 1.18 bits per heavy atom. The summed E-state index contributed by atoms with van der Waals surface area (Å²) in [6.07, 6.45) is 6.62. The first-order chi connectivity index (χ1) is 16.3. The van der Waals surface area contributed by atoms with Gasteiger partial charge in [0.15, 0.2) is 5.78 Å². The minimum absolute atomic E-state index is 0.0813. The van der Waals surface area contributed by atoms with Crippen LogP contribution in [0.25, 0.3) is 11.1 Å². The Bertz CT molecular complexity index is 871. The average Bonchev–Trinajstić information content (AvgIpc) is 2.82. The molecule has 0 aliphatic rings. The van der Waals surface area contributed by atoms with Crippen molar-refractivity contribution >= 4 is 11.6 Å².